The minimum atomic E-state index is -0.0379. The SMILES string of the molecule is O=C(N[C@H]1CN2CCC1CC2)c1ncc(-c2ccncc2)s1. The van der Waals surface area contributed by atoms with E-state index in [2.05, 4.69) is 20.2 Å². The summed E-state index contributed by atoms with van der Waals surface area (Å²) in [5, 5.41) is 3.73. The molecule has 0 radical (unpaired) electrons. The van der Waals surface area contributed by atoms with Crippen LogP contribution in [0.3, 0.4) is 0 Å². The average molecular weight is 314 g/mol. The molecular formula is C16H18N4OS. The van der Waals surface area contributed by atoms with Gasteiger partial charge in [-0.05, 0) is 49.5 Å². The number of fused-ring (bicyclic) bond motifs is 3. The summed E-state index contributed by atoms with van der Waals surface area (Å²) in [5.41, 5.74) is 1.05. The monoisotopic (exact) mass is 314 g/mol. The van der Waals surface area contributed by atoms with Crippen LogP contribution in [0.4, 0.5) is 0 Å². The minimum Gasteiger partial charge on any atom is -0.346 e. The van der Waals surface area contributed by atoms with Gasteiger partial charge in [-0.3, -0.25) is 9.78 Å². The standard InChI is InChI=1S/C16H18N4OS/c21-15(19-13-10-20-7-3-11(13)4-8-20)16-18-9-14(22-16)12-1-5-17-6-2-12/h1-2,5-6,9,11,13H,3-4,7-8,10H2,(H,19,21)/t13-/m0/s1. The lowest BCUT2D eigenvalue weighted by molar-refractivity contribution is 0.0620. The lowest BCUT2D eigenvalue weighted by Gasteiger charge is -2.44. The molecular weight excluding hydrogens is 296 g/mol. The third-order valence-corrected chi connectivity index (χ3v) is 5.68. The van der Waals surface area contributed by atoms with E-state index in [9.17, 15) is 4.79 Å². The molecule has 1 amide bonds. The van der Waals surface area contributed by atoms with E-state index in [1.54, 1.807) is 18.6 Å². The molecule has 0 aromatic carbocycles. The molecule has 2 aromatic rings. The van der Waals surface area contributed by atoms with Crippen molar-refractivity contribution in [3.63, 3.8) is 0 Å². The fourth-order valence-corrected chi connectivity index (χ4v) is 4.21. The molecule has 3 aliphatic rings. The van der Waals surface area contributed by atoms with Gasteiger partial charge in [0.15, 0.2) is 5.01 Å². The largest absolute Gasteiger partial charge is 0.346 e. The molecule has 0 spiro atoms. The summed E-state index contributed by atoms with van der Waals surface area (Å²) >= 11 is 1.44. The normalized spacial score (nSPS) is 26.8. The highest BCUT2D eigenvalue weighted by atomic mass is 32.1. The zero-order chi connectivity index (χ0) is 14.9. The zero-order valence-corrected chi connectivity index (χ0v) is 13.1. The molecule has 6 heteroatoms. The van der Waals surface area contributed by atoms with Crippen LogP contribution in [0.1, 0.15) is 22.6 Å². The predicted molar refractivity (Wildman–Crippen MR) is 85.8 cm³/mol. The van der Waals surface area contributed by atoms with Crippen molar-refractivity contribution in [1.82, 2.24) is 20.2 Å². The molecule has 22 heavy (non-hydrogen) atoms. The average Bonchev–Trinajstić information content (AvgIpc) is 3.07. The summed E-state index contributed by atoms with van der Waals surface area (Å²) < 4.78 is 0. The highest BCUT2D eigenvalue weighted by Crippen LogP contribution is 2.29. The topological polar surface area (TPSA) is 58.1 Å². The van der Waals surface area contributed by atoms with Crippen LogP contribution >= 0.6 is 11.3 Å². The van der Waals surface area contributed by atoms with Crippen LogP contribution in [-0.4, -0.2) is 46.5 Å². The number of thiazole rings is 1. The molecule has 5 heterocycles. The van der Waals surface area contributed by atoms with Crippen LogP contribution in [0.2, 0.25) is 0 Å². The van der Waals surface area contributed by atoms with Gasteiger partial charge < -0.3 is 10.2 Å². The van der Waals surface area contributed by atoms with Crippen LogP contribution < -0.4 is 5.32 Å². The second-order valence-electron chi connectivity index (χ2n) is 5.98. The molecule has 3 aliphatic heterocycles. The highest BCUT2D eigenvalue weighted by molar-refractivity contribution is 7.16. The predicted octanol–water partition coefficient (Wildman–Crippen LogP) is 2.03. The second-order valence-corrected chi connectivity index (χ2v) is 7.01. The fraction of sp³-hybridized carbons (Fsp3) is 0.438. The zero-order valence-electron chi connectivity index (χ0n) is 12.2. The van der Waals surface area contributed by atoms with Gasteiger partial charge in [0.25, 0.3) is 5.91 Å². The van der Waals surface area contributed by atoms with Crippen molar-refractivity contribution in [2.24, 2.45) is 5.92 Å². The maximum atomic E-state index is 12.4. The molecule has 5 nitrogen and oxygen atoms in total. The Morgan fingerprint density at radius 1 is 1.27 bits per heavy atom. The molecule has 3 fully saturated rings. The Morgan fingerprint density at radius 2 is 2.05 bits per heavy atom. The van der Waals surface area contributed by atoms with Gasteiger partial charge in [0, 0.05) is 31.2 Å². The molecule has 2 bridgehead atoms. The van der Waals surface area contributed by atoms with Gasteiger partial charge in [-0.15, -0.1) is 11.3 Å². The van der Waals surface area contributed by atoms with Crippen molar-refractivity contribution < 1.29 is 4.79 Å². The van der Waals surface area contributed by atoms with E-state index in [0.29, 0.717) is 10.9 Å². The van der Waals surface area contributed by atoms with Crippen molar-refractivity contribution >= 4 is 17.2 Å². The van der Waals surface area contributed by atoms with Gasteiger partial charge in [-0.25, -0.2) is 4.98 Å². The molecule has 0 aliphatic carbocycles. The van der Waals surface area contributed by atoms with E-state index >= 15 is 0 Å². The van der Waals surface area contributed by atoms with E-state index in [0.717, 1.165) is 17.0 Å². The van der Waals surface area contributed by atoms with E-state index in [-0.39, 0.29) is 11.9 Å². The van der Waals surface area contributed by atoms with Gasteiger partial charge >= 0.3 is 0 Å². The van der Waals surface area contributed by atoms with E-state index < -0.39 is 0 Å². The lowest BCUT2D eigenvalue weighted by Crippen LogP contribution is -2.57. The Kier molecular flexibility index (Phi) is 3.63. The number of nitrogens with zero attached hydrogens (tertiary/aromatic N) is 3. The number of hydrogen-bond acceptors (Lipinski definition) is 5. The Hall–Kier alpha value is -1.79. The number of rotatable bonds is 3. The number of hydrogen-bond donors (Lipinski definition) is 1. The number of aromatic nitrogens is 2. The number of amides is 1. The molecule has 2 aromatic heterocycles. The number of carbonyl (C=O) groups excluding carboxylic acids is 1. The molecule has 1 N–H and O–H groups in total. The quantitative estimate of drug-likeness (QED) is 0.942. The van der Waals surface area contributed by atoms with Crippen LogP contribution in [-0.2, 0) is 0 Å². The first-order valence-electron chi connectivity index (χ1n) is 7.69. The van der Waals surface area contributed by atoms with Gasteiger partial charge in [-0.2, -0.15) is 0 Å². The lowest BCUT2D eigenvalue weighted by atomic mass is 9.84. The molecule has 0 unspecified atom stereocenters. The van der Waals surface area contributed by atoms with Gasteiger partial charge in [0.05, 0.1) is 4.88 Å². The van der Waals surface area contributed by atoms with Crippen LogP contribution in [0.5, 0.6) is 0 Å². The van der Waals surface area contributed by atoms with Crippen molar-refractivity contribution in [1.29, 1.82) is 0 Å². The third-order valence-electron chi connectivity index (χ3n) is 4.64. The van der Waals surface area contributed by atoms with E-state index in [1.807, 2.05) is 12.1 Å². The van der Waals surface area contributed by atoms with Crippen molar-refractivity contribution in [3.05, 3.63) is 35.7 Å². The molecule has 5 rings (SSSR count). The Labute approximate surface area is 133 Å². The summed E-state index contributed by atoms with van der Waals surface area (Å²) in [5.74, 6) is 0.595. The van der Waals surface area contributed by atoms with Crippen molar-refractivity contribution in [3.8, 4) is 10.4 Å². The van der Waals surface area contributed by atoms with E-state index in [1.165, 1.54) is 37.3 Å². The Morgan fingerprint density at radius 3 is 2.73 bits per heavy atom. The van der Waals surface area contributed by atoms with Crippen molar-refractivity contribution in [2.75, 3.05) is 19.6 Å². The molecule has 1 atom stereocenters. The number of piperidine rings is 3. The van der Waals surface area contributed by atoms with Crippen LogP contribution in [0.15, 0.2) is 30.7 Å². The summed E-state index contributed by atoms with van der Waals surface area (Å²) in [4.78, 5) is 24.2. The summed E-state index contributed by atoms with van der Waals surface area (Å²) in [7, 11) is 0. The van der Waals surface area contributed by atoms with Gasteiger partial charge in [0.1, 0.15) is 0 Å². The molecule has 114 valence electrons. The van der Waals surface area contributed by atoms with E-state index in [4.69, 9.17) is 0 Å². The second kappa shape index (κ2) is 5.78. The maximum absolute atomic E-state index is 12.4. The number of pyridine rings is 1. The summed E-state index contributed by atoms with van der Waals surface area (Å²) in [6, 6.07) is 4.15. The molecule has 3 saturated heterocycles. The minimum absolute atomic E-state index is 0.0379. The fourth-order valence-electron chi connectivity index (χ4n) is 3.39. The Balaban J connectivity index is 1.46. The first kappa shape index (κ1) is 13.8. The molecule has 0 saturated carbocycles. The van der Waals surface area contributed by atoms with Crippen LogP contribution in [0.25, 0.3) is 10.4 Å². The van der Waals surface area contributed by atoms with Crippen molar-refractivity contribution in [2.45, 2.75) is 18.9 Å². The third kappa shape index (κ3) is 2.64. The van der Waals surface area contributed by atoms with Gasteiger partial charge in [0.2, 0.25) is 0 Å². The number of carbonyl (C=O) groups is 1. The summed E-state index contributed by atoms with van der Waals surface area (Å²) in [6.45, 7) is 3.35. The first-order valence-corrected chi connectivity index (χ1v) is 8.51. The highest BCUT2D eigenvalue weighted by Gasteiger charge is 2.35. The van der Waals surface area contributed by atoms with Gasteiger partial charge in [-0.1, -0.05) is 0 Å². The Bertz CT molecular complexity index is 664. The number of nitrogens with one attached hydrogen (secondary N) is 1. The smallest absolute Gasteiger partial charge is 0.280 e. The summed E-state index contributed by atoms with van der Waals surface area (Å²) in [6.07, 6.45) is 7.67. The first-order chi connectivity index (χ1) is 10.8. The van der Waals surface area contributed by atoms with Crippen LogP contribution in [0, 0.1) is 5.92 Å². The maximum Gasteiger partial charge on any atom is 0.280 e.